The Morgan fingerprint density at radius 3 is 2.81 bits per heavy atom. The largest absolute Gasteiger partial charge is 0.394 e. The molecule has 1 heterocycles. The summed E-state index contributed by atoms with van der Waals surface area (Å²) < 4.78 is 2.79. The summed E-state index contributed by atoms with van der Waals surface area (Å²) in [6.07, 6.45) is 0. The lowest BCUT2D eigenvalue weighted by molar-refractivity contribution is 0.184. The summed E-state index contributed by atoms with van der Waals surface area (Å²) in [6, 6.07) is 5.79. The molecule has 0 saturated carbocycles. The minimum absolute atomic E-state index is 0.0284. The van der Waals surface area contributed by atoms with E-state index in [4.69, 9.17) is 0 Å². The maximum absolute atomic E-state index is 9.40. The maximum Gasteiger partial charge on any atom is 0.113 e. The Hall–Kier alpha value is -0.940. The van der Waals surface area contributed by atoms with E-state index >= 15 is 0 Å². The fourth-order valence-electron chi connectivity index (χ4n) is 1.72. The van der Waals surface area contributed by atoms with Gasteiger partial charge in [-0.25, -0.2) is 4.68 Å². The minimum Gasteiger partial charge on any atom is -0.394 e. The molecule has 86 valence electrons. The van der Waals surface area contributed by atoms with Crippen molar-refractivity contribution in [3.8, 4) is 0 Å². The second-order valence-electron chi connectivity index (χ2n) is 4.16. The molecule has 4 nitrogen and oxygen atoms in total. The molecule has 0 spiro atoms. The molecule has 0 amide bonds. The summed E-state index contributed by atoms with van der Waals surface area (Å²) in [5.41, 5.74) is 1.80. The Morgan fingerprint density at radius 1 is 1.44 bits per heavy atom. The van der Waals surface area contributed by atoms with Gasteiger partial charge in [-0.3, -0.25) is 0 Å². The normalized spacial score (nSPS) is 13.6. The number of hydrogen-bond donors (Lipinski definition) is 1. The van der Waals surface area contributed by atoms with Gasteiger partial charge < -0.3 is 5.11 Å². The molecule has 0 aliphatic heterocycles. The molecule has 2 aromatic rings. The Bertz CT molecular complexity index is 495. The van der Waals surface area contributed by atoms with Crippen LogP contribution < -0.4 is 0 Å². The molecule has 0 aliphatic carbocycles. The molecular weight excluding hydrogens is 270 g/mol. The van der Waals surface area contributed by atoms with Gasteiger partial charge in [0.05, 0.1) is 18.2 Å². The van der Waals surface area contributed by atoms with Crippen LogP contribution in [0.1, 0.15) is 19.9 Å². The zero-order chi connectivity index (χ0) is 11.7. The van der Waals surface area contributed by atoms with Crippen molar-refractivity contribution in [1.29, 1.82) is 0 Å². The quantitative estimate of drug-likeness (QED) is 0.941. The Balaban J connectivity index is 2.55. The van der Waals surface area contributed by atoms with E-state index in [0.29, 0.717) is 5.92 Å². The summed E-state index contributed by atoms with van der Waals surface area (Å²) in [7, 11) is 0. The van der Waals surface area contributed by atoms with Crippen molar-refractivity contribution in [1.82, 2.24) is 15.0 Å². The topological polar surface area (TPSA) is 50.9 Å². The predicted octanol–water partition coefficient (Wildman–Crippen LogP) is 2.38. The van der Waals surface area contributed by atoms with Crippen molar-refractivity contribution in [3.05, 3.63) is 22.7 Å². The van der Waals surface area contributed by atoms with Crippen LogP contribution >= 0.6 is 15.9 Å². The number of fused-ring (bicyclic) bond motifs is 1. The van der Waals surface area contributed by atoms with Crippen LogP contribution in [0.25, 0.3) is 11.0 Å². The third-order valence-corrected chi connectivity index (χ3v) is 3.20. The summed E-state index contributed by atoms with van der Waals surface area (Å²) in [4.78, 5) is 0. The number of nitrogens with zero attached hydrogens (tertiary/aromatic N) is 3. The van der Waals surface area contributed by atoms with E-state index in [2.05, 4.69) is 40.1 Å². The van der Waals surface area contributed by atoms with Crippen LogP contribution in [0, 0.1) is 5.92 Å². The molecule has 1 N–H and O–H groups in total. The number of hydrogen-bond acceptors (Lipinski definition) is 3. The molecule has 0 bridgehead atoms. The molecule has 0 aliphatic rings. The summed E-state index contributed by atoms with van der Waals surface area (Å²) in [6.45, 7) is 4.20. The number of aliphatic hydroxyl groups excluding tert-OH is 1. The van der Waals surface area contributed by atoms with Crippen LogP contribution in [0.3, 0.4) is 0 Å². The number of rotatable bonds is 3. The average Bonchev–Trinajstić information content (AvgIpc) is 2.62. The highest BCUT2D eigenvalue weighted by molar-refractivity contribution is 9.10. The molecular formula is C11H14BrN3O. The molecule has 1 unspecified atom stereocenters. The highest BCUT2D eigenvalue weighted by atomic mass is 79.9. The Kier molecular flexibility index (Phi) is 3.25. The van der Waals surface area contributed by atoms with Crippen LogP contribution in [0.15, 0.2) is 22.7 Å². The third kappa shape index (κ3) is 1.97. The van der Waals surface area contributed by atoms with Crippen LogP contribution in [0.4, 0.5) is 0 Å². The van der Waals surface area contributed by atoms with Gasteiger partial charge in [-0.2, -0.15) is 0 Å². The number of aliphatic hydroxyl groups is 1. The molecule has 0 saturated heterocycles. The van der Waals surface area contributed by atoms with Gasteiger partial charge in [0, 0.05) is 4.47 Å². The Labute approximate surface area is 102 Å². The van der Waals surface area contributed by atoms with E-state index in [9.17, 15) is 5.11 Å². The van der Waals surface area contributed by atoms with E-state index < -0.39 is 0 Å². The van der Waals surface area contributed by atoms with Crippen molar-refractivity contribution in [2.45, 2.75) is 19.9 Å². The SMILES string of the molecule is CC(C)C(CO)n1nnc2ccc(Br)cc21. The molecule has 1 aromatic carbocycles. The van der Waals surface area contributed by atoms with E-state index in [-0.39, 0.29) is 12.6 Å². The van der Waals surface area contributed by atoms with Crippen LogP contribution in [0.5, 0.6) is 0 Å². The van der Waals surface area contributed by atoms with Gasteiger partial charge >= 0.3 is 0 Å². The van der Waals surface area contributed by atoms with Crippen molar-refractivity contribution in [2.24, 2.45) is 5.92 Å². The first-order chi connectivity index (χ1) is 7.63. The summed E-state index contributed by atoms with van der Waals surface area (Å²) in [5, 5.41) is 17.6. The van der Waals surface area contributed by atoms with Crippen LogP contribution in [-0.2, 0) is 0 Å². The Morgan fingerprint density at radius 2 is 2.19 bits per heavy atom. The van der Waals surface area contributed by atoms with Crippen molar-refractivity contribution in [2.75, 3.05) is 6.61 Å². The highest BCUT2D eigenvalue weighted by Crippen LogP contribution is 2.23. The second-order valence-corrected chi connectivity index (χ2v) is 5.08. The number of aromatic nitrogens is 3. The molecule has 0 radical (unpaired) electrons. The molecule has 2 rings (SSSR count). The summed E-state index contributed by atoms with van der Waals surface area (Å²) in [5.74, 6) is 0.314. The van der Waals surface area contributed by atoms with Crippen molar-refractivity contribution >= 4 is 27.0 Å². The van der Waals surface area contributed by atoms with E-state index in [1.807, 2.05) is 18.2 Å². The first-order valence-electron chi connectivity index (χ1n) is 5.24. The lowest BCUT2D eigenvalue weighted by Crippen LogP contribution is -2.20. The van der Waals surface area contributed by atoms with Gasteiger partial charge in [-0.05, 0) is 24.1 Å². The van der Waals surface area contributed by atoms with Gasteiger partial charge in [0.2, 0.25) is 0 Å². The zero-order valence-electron chi connectivity index (χ0n) is 9.26. The van der Waals surface area contributed by atoms with Gasteiger partial charge in [0.15, 0.2) is 0 Å². The third-order valence-electron chi connectivity index (χ3n) is 2.70. The van der Waals surface area contributed by atoms with E-state index in [1.54, 1.807) is 4.68 Å². The molecule has 1 aromatic heterocycles. The fourth-order valence-corrected chi connectivity index (χ4v) is 2.07. The average molecular weight is 284 g/mol. The predicted molar refractivity (Wildman–Crippen MR) is 66.2 cm³/mol. The maximum atomic E-state index is 9.40. The van der Waals surface area contributed by atoms with E-state index in [0.717, 1.165) is 15.5 Å². The number of benzene rings is 1. The summed E-state index contributed by atoms with van der Waals surface area (Å²) >= 11 is 3.43. The molecule has 16 heavy (non-hydrogen) atoms. The van der Waals surface area contributed by atoms with Gasteiger partial charge in [-0.15, -0.1) is 5.10 Å². The first-order valence-corrected chi connectivity index (χ1v) is 6.04. The number of halogens is 1. The van der Waals surface area contributed by atoms with Crippen LogP contribution in [0.2, 0.25) is 0 Å². The van der Waals surface area contributed by atoms with Crippen molar-refractivity contribution < 1.29 is 5.11 Å². The van der Waals surface area contributed by atoms with Gasteiger partial charge in [0.1, 0.15) is 5.52 Å². The van der Waals surface area contributed by atoms with E-state index in [1.165, 1.54) is 0 Å². The zero-order valence-corrected chi connectivity index (χ0v) is 10.8. The van der Waals surface area contributed by atoms with Crippen molar-refractivity contribution in [3.63, 3.8) is 0 Å². The van der Waals surface area contributed by atoms with Gasteiger partial charge in [-0.1, -0.05) is 35.0 Å². The standard InChI is InChI=1S/C11H14BrN3O/c1-7(2)11(6-16)15-10-5-8(12)3-4-9(10)13-14-15/h3-5,7,11,16H,6H2,1-2H3. The smallest absolute Gasteiger partial charge is 0.113 e. The highest BCUT2D eigenvalue weighted by Gasteiger charge is 2.18. The molecule has 0 fully saturated rings. The lowest BCUT2D eigenvalue weighted by atomic mass is 10.1. The fraction of sp³-hybridized carbons (Fsp3) is 0.455. The minimum atomic E-state index is -0.0284. The lowest BCUT2D eigenvalue weighted by Gasteiger charge is -2.18. The second kappa shape index (κ2) is 4.51. The van der Waals surface area contributed by atoms with Crippen LogP contribution in [-0.4, -0.2) is 26.7 Å². The van der Waals surface area contributed by atoms with Gasteiger partial charge in [0.25, 0.3) is 0 Å². The monoisotopic (exact) mass is 283 g/mol. The molecule has 1 atom stereocenters. The molecule has 5 heteroatoms. The first kappa shape index (κ1) is 11.5.